The summed E-state index contributed by atoms with van der Waals surface area (Å²) in [5.74, 6) is -0.0717. The van der Waals surface area contributed by atoms with Gasteiger partial charge >= 0.3 is 0 Å². The van der Waals surface area contributed by atoms with Gasteiger partial charge in [-0.1, -0.05) is 6.07 Å². The number of nitrogens with zero attached hydrogens (tertiary/aromatic N) is 1. The number of aromatic nitrogens is 1. The monoisotopic (exact) mass is 222 g/mol. The molecule has 0 aliphatic heterocycles. The van der Waals surface area contributed by atoms with E-state index in [1.165, 1.54) is 0 Å². The van der Waals surface area contributed by atoms with Crippen LogP contribution in [0, 0.1) is 0 Å². The largest absolute Gasteiger partial charge is 0.369 e. The number of ether oxygens (including phenoxy) is 1. The Hall–Kier alpha value is -1.42. The van der Waals surface area contributed by atoms with Crippen LogP contribution in [0.25, 0.3) is 0 Å². The maximum Gasteiger partial charge on any atom is 0.246 e. The van der Waals surface area contributed by atoms with Crippen molar-refractivity contribution in [1.82, 2.24) is 10.3 Å². The number of hydrogen-bond donors (Lipinski definition) is 1. The number of hydrogen-bond acceptors (Lipinski definition) is 3. The quantitative estimate of drug-likeness (QED) is 0.786. The Balaban J connectivity index is 2.13. The molecule has 4 heteroatoms. The predicted molar refractivity (Wildman–Crippen MR) is 62.0 cm³/mol. The van der Waals surface area contributed by atoms with E-state index in [-0.39, 0.29) is 18.6 Å². The molecule has 0 fully saturated rings. The van der Waals surface area contributed by atoms with E-state index in [1.807, 2.05) is 26.0 Å². The lowest BCUT2D eigenvalue weighted by molar-refractivity contribution is -0.127. The summed E-state index contributed by atoms with van der Waals surface area (Å²) in [6, 6.07) is 3.88. The van der Waals surface area contributed by atoms with Gasteiger partial charge in [0.25, 0.3) is 0 Å². The lowest BCUT2D eigenvalue weighted by Gasteiger charge is -2.08. The minimum Gasteiger partial charge on any atom is -0.369 e. The summed E-state index contributed by atoms with van der Waals surface area (Å²) < 4.78 is 5.18. The molecule has 1 heterocycles. The van der Waals surface area contributed by atoms with Crippen LogP contribution in [0.2, 0.25) is 0 Å². The second kappa shape index (κ2) is 6.95. The Bertz CT molecular complexity index is 312. The van der Waals surface area contributed by atoms with E-state index in [4.69, 9.17) is 4.74 Å². The van der Waals surface area contributed by atoms with Gasteiger partial charge in [0, 0.05) is 18.9 Å². The highest BCUT2D eigenvalue weighted by molar-refractivity contribution is 5.77. The average Bonchev–Trinajstić information content (AvgIpc) is 2.28. The van der Waals surface area contributed by atoms with Gasteiger partial charge in [0.2, 0.25) is 5.91 Å². The van der Waals surface area contributed by atoms with Gasteiger partial charge in [0.15, 0.2) is 0 Å². The van der Waals surface area contributed by atoms with Crippen LogP contribution in [0.1, 0.15) is 19.4 Å². The molecular weight excluding hydrogens is 204 g/mol. The zero-order valence-corrected chi connectivity index (χ0v) is 9.77. The number of amides is 1. The molecule has 0 aliphatic rings. The fraction of sp³-hybridized carbons (Fsp3) is 0.500. The molecule has 0 aromatic carbocycles. The predicted octanol–water partition coefficient (Wildman–Crippen LogP) is 1.17. The van der Waals surface area contributed by atoms with Crippen LogP contribution in [0.15, 0.2) is 24.5 Å². The number of pyridine rings is 1. The van der Waals surface area contributed by atoms with Crippen molar-refractivity contribution in [3.05, 3.63) is 30.1 Å². The second-order valence-electron chi connectivity index (χ2n) is 3.82. The molecule has 16 heavy (non-hydrogen) atoms. The highest BCUT2D eigenvalue weighted by atomic mass is 16.5. The van der Waals surface area contributed by atoms with Gasteiger partial charge in [-0.15, -0.1) is 0 Å². The van der Waals surface area contributed by atoms with Gasteiger partial charge in [-0.25, -0.2) is 0 Å². The third-order valence-electron chi connectivity index (χ3n) is 2.01. The maximum atomic E-state index is 11.3. The molecule has 0 saturated carbocycles. The Morgan fingerprint density at radius 2 is 2.38 bits per heavy atom. The van der Waals surface area contributed by atoms with Gasteiger partial charge < -0.3 is 10.1 Å². The summed E-state index contributed by atoms with van der Waals surface area (Å²) >= 11 is 0. The first kappa shape index (κ1) is 12.6. The molecular formula is C12H18N2O2. The maximum absolute atomic E-state index is 11.3. The van der Waals surface area contributed by atoms with Crippen LogP contribution in [-0.4, -0.2) is 30.1 Å². The molecule has 0 aliphatic carbocycles. The number of carbonyl (C=O) groups is 1. The molecule has 0 spiro atoms. The lowest BCUT2D eigenvalue weighted by atomic mass is 10.2. The highest BCUT2D eigenvalue weighted by Crippen LogP contribution is 1.95. The smallest absolute Gasteiger partial charge is 0.246 e. The minimum absolute atomic E-state index is 0.0717. The first-order chi connectivity index (χ1) is 7.68. The standard InChI is InChI=1S/C12H18N2O2/c1-10(2)16-9-12(15)14-7-5-11-4-3-6-13-8-11/h3-4,6,8,10H,5,7,9H2,1-2H3,(H,14,15). The first-order valence-electron chi connectivity index (χ1n) is 5.45. The van der Waals surface area contributed by atoms with Crippen molar-refractivity contribution in [1.29, 1.82) is 0 Å². The summed E-state index contributed by atoms with van der Waals surface area (Å²) in [7, 11) is 0. The molecule has 0 atom stereocenters. The van der Waals surface area contributed by atoms with Crippen LogP contribution < -0.4 is 5.32 Å². The van der Waals surface area contributed by atoms with Crippen molar-refractivity contribution in [3.63, 3.8) is 0 Å². The van der Waals surface area contributed by atoms with Crippen molar-refractivity contribution in [2.45, 2.75) is 26.4 Å². The van der Waals surface area contributed by atoms with Gasteiger partial charge in [0.1, 0.15) is 6.61 Å². The summed E-state index contributed by atoms with van der Waals surface area (Å²) in [6.45, 7) is 4.56. The molecule has 1 aromatic rings. The van der Waals surface area contributed by atoms with Crippen LogP contribution in [-0.2, 0) is 16.0 Å². The Kier molecular flexibility index (Phi) is 5.50. The van der Waals surface area contributed by atoms with Crippen LogP contribution in [0.5, 0.6) is 0 Å². The average molecular weight is 222 g/mol. The van der Waals surface area contributed by atoms with Gasteiger partial charge in [-0.2, -0.15) is 0 Å². The van der Waals surface area contributed by atoms with E-state index >= 15 is 0 Å². The topological polar surface area (TPSA) is 51.2 Å². The van der Waals surface area contributed by atoms with Gasteiger partial charge in [0.05, 0.1) is 6.10 Å². The molecule has 0 saturated heterocycles. The fourth-order valence-corrected chi connectivity index (χ4v) is 1.19. The van der Waals surface area contributed by atoms with Crippen LogP contribution >= 0.6 is 0 Å². The molecule has 1 amide bonds. The zero-order chi connectivity index (χ0) is 11.8. The third-order valence-corrected chi connectivity index (χ3v) is 2.01. The fourth-order valence-electron chi connectivity index (χ4n) is 1.19. The normalized spacial score (nSPS) is 10.4. The highest BCUT2D eigenvalue weighted by Gasteiger charge is 2.02. The number of rotatable bonds is 6. The van der Waals surface area contributed by atoms with E-state index in [9.17, 15) is 4.79 Å². The van der Waals surface area contributed by atoms with Crippen molar-refractivity contribution in [2.75, 3.05) is 13.2 Å². The molecule has 1 rings (SSSR count). The summed E-state index contributed by atoms with van der Waals surface area (Å²) in [4.78, 5) is 15.3. The van der Waals surface area contributed by atoms with Gasteiger partial charge in [-0.05, 0) is 31.9 Å². The Morgan fingerprint density at radius 3 is 3.00 bits per heavy atom. The second-order valence-corrected chi connectivity index (χ2v) is 3.82. The Labute approximate surface area is 96.0 Å². The van der Waals surface area contributed by atoms with E-state index in [0.29, 0.717) is 6.54 Å². The van der Waals surface area contributed by atoms with E-state index < -0.39 is 0 Å². The summed E-state index contributed by atoms with van der Waals surface area (Å²) in [5, 5.41) is 2.79. The molecule has 88 valence electrons. The SMILES string of the molecule is CC(C)OCC(=O)NCCc1cccnc1. The minimum atomic E-state index is -0.0717. The van der Waals surface area contributed by atoms with Crippen molar-refractivity contribution in [2.24, 2.45) is 0 Å². The molecule has 0 bridgehead atoms. The van der Waals surface area contributed by atoms with Crippen molar-refractivity contribution < 1.29 is 9.53 Å². The first-order valence-corrected chi connectivity index (χ1v) is 5.45. The molecule has 1 aromatic heterocycles. The summed E-state index contributed by atoms with van der Waals surface area (Å²) in [5.41, 5.74) is 1.12. The van der Waals surface area contributed by atoms with E-state index in [1.54, 1.807) is 12.4 Å². The number of nitrogens with one attached hydrogen (secondary N) is 1. The molecule has 0 unspecified atom stereocenters. The lowest BCUT2D eigenvalue weighted by Crippen LogP contribution is -2.30. The molecule has 1 N–H and O–H groups in total. The molecule has 4 nitrogen and oxygen atoms in total. The van der Waals surface area contributed by atoms with E-state index in [0.717, 1.165) is 12.0 Å². The van der Waals surface area contributed by atoms with Gasteiger partial charge in [-0.3, -0.25) is 9.78 Å². The zero-order valence-electron chi connectivity index (χ0n) is 9.77. The number of carbonyl (C=O) groups excluding carboxylic acids is 1. The Morgan fingerprint density at radius 1 is 1.56 bits per heavy atom. The van der Waals surface area contributed by atoms with Crippen LogP contribution in [0.3, 0.4) is 0 Å². The molecule has 0 radical (unpaired) electrons. The van der Waals surface area contributed by atoms with Crippen molar-refractivity contribution >= 4 is 5.91 Å². The van der Waals surface area contributed by atoms with Crippen LogP contribution in [0.4, 0.5) is 0 Å². The van der Waals surface area contributed by atoms with E-state index in [2.05, 4.69) is 10.3 Å². The van der Waals surface area contributed by atoms with Crippen molar-refractivity contribution in [3.8, 4) is 0 Å². The third kappa shape index (κ3) is 5.46. The summed E-state index contributed by atoms with van der Waals surface area (Å²) in [6.07, 6.45) is 4.42.